The van der Waals surface area contributed by atoms with E-state index in [1.165, 1.54) is 77.0 Å². The highest BCUT2D eigenvalue weighted by Crippen LogP contribution is 2.28. The quantitative estimate of drug-likeness (QED) is 0.550. The molecule has 0 aromatic heterocycles. The normalized spacial score (nSPS) is 25.2. The third-order valence-electron chi connectivity index (χ3n) is 4.52. The fourth-order valence-electron chi connectivity index (χ4n) is 3.42. The Morgan fingerprint density at radius 1 is 0.750 bits per heavy atom. The Morgan fingerprint density at radius 2 is 1.38 bits per heavy atom. The molecule has 0 heteroatoms. The molecule has 0 unspecified atom stereocenters. The highest BCUT2D eigenvalue weighted by atomic mass is 14.2. The first-order chi connectivity index (χ1) is 7.95. The Bertz CT molecular complexity index is 192. The first-order valence-corrected chi connectivity index (χ1v) is 7.62. The van der Waals surface area contributed by atoms with Crippen LogP contribution in [0.3, 0.4) is 0 Å². The molecule has 0 spiro atoms. The summed E-state index contributed by atoms with van der Waals surface area (Å²) in [5.74, 6) is 1.99. The lowest BCUT2D eigenvalue weighted by molar-refractivity contribution is 0.340. The average molecular weight is 220 g/mol. The number of hydrogen-bond donors (Lipinski definition) is 0. The van der Waals surface area contributed by atoms with E-state index in [9.17, 15) is 0 Å². The van der Waals surface area contributed by atoms with Crippen molar-refractivity contribution in [3.8, 4) is 0 Å². The van der Waals surface area contributed by atoms with Crippen molar-refractivity contribution in [2.45, 2.75) is 77.0 Å². The summed E-state index contributed by atoms with van der Waals surface area (Å²) < 4.78 is 0. The van der Waals surface area contributed by atoms with E-state index in [-0.39, 0.29) is 0 Å². The molecule has 0 N–H and O–H groups in total. The molecule has 0 saturated heterocycles. The molecule has 0 radical (unpaired) electrons. The highest BCUT2D eigenvalue weighted by Gasteiger charge is 2.12. The Hall–Kier alpha value is -0.260. The van der Waals surface area contributed by atoms with Gasteiger partial charge >= 0.3 is 0 Å². The average Bonchev–Trinajstić information content (AvgIpc) is 2.37. The third-order valence-corrected chi connectivity index (χ3v) is 4.52. The van der Waals surface area contributed by atoms with Crippen LogP contribution in [-0.2, 0) is 0 Å². The van der Waals surface area contributed by atoms with Gasteiger partial charge in [-0.1, -0.05) is 63.5 Å². The van der Waals surface area contributed by atoms with Crippen molar-refractivity contribution in [2.24, 2.45) is 11.8 Å². The smallest absolute Gasteiger partial charge is 0.0234 e. The zero-order valence-electron chi connectivity index (χ0n) is 10.8. The van der Waals surface area contributed by atoms with Crippen LogP contribution in [0.15, 0.2) is 12.2 Å². The summed E-state index contributed by atoms with van der Waals surface area (Å²) in [5.41, 5.74) is 0. The van der Waals surface area contributed by atoms with Gasteiger partial charge in [0.2, 0.25) is 0 Å². The fourth-order valence-corrected chi connectivity index (χ4v) is 3.42. The monoisotopic (exact) mass is 220 g/mol. The zero-order valence-corrected chi connectivity index (χ0v) is 10.8. The van der Waals surface area contributed by atoms with Crippen molar-refractivity contribution in [1.82, 2.24) is 0 Å². The predicted molar refractivity (Wildman–Crippen MR) is 71.5 cm³/mol. The van der Waals surface area contributed by atoms with Crippen molar-refractivity contribution in [3.05, 3.63) is 12.2 Å². The SMILES string of the molecule is C(=CC1CCCCC1)CCC1CCCCC1. The molecule has 92 valence electrons. The van der Waals surface area contributed by atoms with Gasteiger partial charge in [0, 0.05) is 0 Å². The van der Waals surface area contributed by atoms with Crippen LogP contribution in [-0.4, -0.2) is 0 Å². The van der Waals surface area contributed by atoms with Gasteiger partial charge in [0.1, 0.15) is 0 Å². The summed E-state index contributed by atoms with van der Waals surface area (Å²) in [5, 5.41) is 0. The molecule has 16 heavy (non-hydrogen) atoms. The van der Waals surface area contributed by atoms with Crippen molar-refractivity contribution < 1.29 is 0 Å². The predicted octanol–water partition coefficient (Wildman–Crippen LogP) is 5.48. The molecule has 2 saturated carbocycles. The first kappa shape index (κ1) is 12.2. The maximum absolute atomic E-state index is 2.53. The standard InChI is InChI=1S/C16H28/c1-3-9-15(10-4-1)13-7-8-14-16-11-5-2-6-12-16/h7,13,15-16H,1-6,8-12,14H2. The Labute approximate surface area is 102 Å². The van der Waals surface area contributed by atoms with Gasteiger partial charge in [-0.05, 0) is 37.5 Å². The number of rotatable bonds is 4. The van der Waals surface area contributed by atoms with Crippen LogP contribution < -0.4 is 0 Å². The van der Waals surface area contributed by atoms with Gasteiger partial charge in [0.25, 0.3) is 0 Å². The summed E-state index contributed by atoms with van der Waals surface area (Å²) in [4.78, 5) is 0. The molecule has 0 nitrogen and oxygen atoms in total. The van der Waals surface area contributed by atoms with E-state index in [1.807, 2.05) is 0 Å². The van der Waals surface area contributed by atoms with Gasteiger partial charge in [-0.3, -0.25) is 0 Å². The molecule has 0 bridgehead atoms. The summed E-state index contributed by atoms with van der Waals surface area (Å²) in [7, 11) is 0. The fraction of sp³-hybridized carbons (Fsp3) is 0.875. The molecular weight excluding hydrogens is 192 g/mol. The van der Waals surface area contributed by atoms with Crippen molar-refractivity contribution >= 4 is 0 Å². The van der Waals surface area contributed by atoms with Crippen LogP contribution >= 0.6 is 0 Å². The van der Waals surface area contributed by atoms with Gasteiger partial charge in [0.05, 0.1) is 0 Å². The minimum absolute atomic E-state index is 0.931. The molecule has 0 aliphatic heterocycles. The zero-order chi connectivity index (χ0) is 11.1. The van der Waals surface area contributed by atoms with Crippen molar-refractivity contribution in [1.29, 1.82) is 0 Å². The summed E-state index contributed by atoms with van der Waals surface area (Å²) >= 11 is 0. The van der Waals surface area contributed by atoms with Crippen LogP contribution in [0.5, 0.6) is 0 Å². The summed E-state index contributed by atoms with van der Waals surface area (Å²) in [6, 6.07) is 0. The molecule has 0 atom stereocenters. The molecular formula is C16H28. The van der Waals surface area contributed by atoms with E-state index >= 15 is 0 Å². The van der Waals surface area contributed by atoms with Crippen LogP contribution in [0.2, 0.25) is 0 Å². The second-order valence-corrected chi connectivity index (χ2v) is 5.91. The summed E-state index contributed by atoms with van der Waals surface area (Å²) in [6.45, 7) is 0. The van der Waals surface area contributed by atoms with Crippen LogP contribution in [0.1, 0.15) is 77.0 Å². The lowest BCUT2D eigenvalue weighted by Gasteiger charge is -2.21. The topological polar surface area (TPSA) is 0 Å². The van der Waals surface area contributed by atoms with Crippen molar-refractivity contribution in [2.75, 3.05) is 0 Å². The van der Waals surface area contributed by atoms with E-state index in [4.69, 9.17) is 0 Å². The molecule has 2 aliphatic rings. The molecule has 2 aliphatic carbocycles. The number of hydrogen-bond acceptors (Lipinski definition) is 0. The summed E-state index contributed by atoms with van der Waals surface area (Å²) in [6.07, 6.45) is 22.7. The maximum Gasteiger partial charge on any atom is -0.0234 e. The minimum Gasteiger partial charge on any atom is -0.0882 e. The van der Waals surface area contributed by atoms with Crippen LogP contribution in [0, 0.1) is 11.8 Å². The lowest BCUT2D eigenvalue weighted by atomic mass is 9.85. The molecule has 2 rings (SSSR count). The molecule has 0 aromatic carbocycles. The van der Waals surface area contributed by atoms with Gasteiger partial charge in [-0.15, -0.1) is 0 Å². The third kappa shape index (κ3) is 4.31. The number of allylic oxidation sites excluding steroid dienone is 2. The Morgan fingerprint density at radius 3 is 2.06 bits per heavy atom. The molecule has 0 heterocycles. The van der Waals surface area contributed by atoms with Crippen molar-refractivity contribution in [3.63, 3.8) is 0 Å². The molecule has 2 fully saturated rings. The van der Waals surface area contributed by atoms with E-state index < -0.39 is 0 Å². The lowest BCUT2D eigenvalue weighted by Crippen LogP contribution is -2.05. The van der Waals surface area contributed by atoms with E-state index in [2.05, 4.69) is 12.2 Å². The van der Waals surface area contributed by atoms with Gasteiger partial charge in [0.15, 0.2) is 0 Å². The largest absolute Gasteiger partial charge is 0.0882 e. The minimum atomic E-state index is 0.931. The Balaban J connectivity index is 1.57. The van der Waals surface area contributed by atoms with Gasteiger partial charge < -0.3 is 0 Å². The molecule has 0 amide bonds. The second-order valence-electron chi connectivity index (χ2n) is 5.91. The van der Waals surface area contributed by atoms with Crippen LogP contribution in [0.4, 0.5) is 0 Å². The second kappa shape index (κ2) is 7.14. The van der Waals surface area contributed by atoms with Gasteiger partial charge in [-0.2, -0.15) is 0 Å². The van der Waals surface area contributed by atoms with E-state index in [0.29, 0.717) is 0 Å². The van der Waals surface area contributed by atoms with Gasteiger partial charge in [-0.25, -0.2) is 0 Å². The highest BCUT2D eigenvalue weighted by molar-refractivity contribution is 4.90. The van der Waals surface area contributed by atoms with Crippen LogP contribution in [0.25, 0.3) is 0 Å². The maximum atomic E-state index is 2.53. The van der Waals surface area contributed by atoms with E-state index in [0.717, 1.165) is 11.8 Å². The Kier molecular flexibility index (Phi) is 5.45. The molecule has 0 aromatic rings. The first-order valence-electron chi connectivity index (χ1n) is 7.62. The van der Waals surface area contributed by atoms with E-state index in [1.54, 1.807) is 0 Å².